The number of phenols is 1. The third-order valence-electron chi connectivity index (χ3n) is 7.22. The molecule has 4 aromatic rings. The average molecular weight is 440 g/mol. The van der Waals surface area contributed by atoms with Gasteiger partial charge < -0.3 is 15.0 Å². The summed E-state index contributed by atoms with van der Waals surface area (Å²) in [5, 5.41) is 12.7. The van der Waals surface area contributed by atoms with Crippen molar-refractivity contribution in [1.29, 1.82) is 0 Å². The lowest BCUT2D eigenvalue weighted by molar-refractivity contribution is 0.0586. The topological polar surface area (TPSA) is 76.6 Å². The van der Waals surface area contributed by atoms with Crippen molar-refractivity contribution < 1.29 is 14.7 Å². The van der Waals surface area contributed by atoms with Crippen molar-refractivity contribution in [3.05, 3.63) is 77.5 Å². The molecule has 6 nitrogen and oxygen atoms in total. The van der Waals surface area contributed by atoms with Gasteiger partial charge in [0.2, 0.25) is 0 Å². The number of carbonyl (C=O) groups is 2. The molecule has 0 unspecified atom stereocenters. The van der Waals surface area contributed by atoms with Crippen molar-refractivity contribution in [2.45, 2.75) is 18.8 Å². The molecule has 2 amide bonds. The monoisotopic (exact) mass is 439 g/mol. The molecule has 1 fully saturated rings. The second-order valence-corrected chi connectivity index (χ2v) is 9.06. The van der Waals surface area contributed by atoms with Gasteiger partial charge in [-0.05, 0) is 73.1 Å². The fraction of sp³-hybridized carbons (Fsp3) is 0.259. The first kappa shape index (κ1) is 20.0. The molecule has 1 saturated heterocycles. The van der Waals surface area contributed by atoms with Gasteiger partial charge in [-0.15, -0.1) is 0 Å². The fourth-order valence-electron chi connectivity index (χ4n) is 5.46. The lowest BCUT2D eigenvalue weighted by Crippen LogP contribution is -2.45. The SMILES string of the molecule is O=C1c2cccc3cccc(c23)C(=O)N1CCN1CCC(c2c[nH]c3ccc(O)cc23)CC1. The van der Waals surface area contributed by atoms with Gasteiger partial charge in [0, 0.05) is 46.7 Å². The summed E-state index contributed by atoms with van der Waals surface area (Å²) < 4.78 is 0. The summed E-state index contributed by atoms with van der Waals surface area (Å²) in [4.78, 5) is 33.3. The van der Waals surface area contributed by atoms with Gasteiger partial charge in [-0.2, -0.15) is 0 Å². The van der Waals surface area contributed by atoms with Crippen molar-refractivity contribution >= 4 is 33.5 Å². The summed E-state index contributed by atoms with van der Waals surface area (Å²) in [6.45, 7) is 2.90. The molecule has 2 aliphatic heterocycles. The normalized spacial score (nSPS) is 17.4. The molecule has 0 aliphatic carbocycles. The highest BCUT2D eigenvalue weighted by Crippen LogP contribution is 2.35. The highest BCUT2D eigenvalue weighted by molar-refractivity contribution is 6.25. The van der Waals surface area contributed by atoms with Crippen LogP contribution in [0.15, 0.2) is 60.8 Å². The zero-order valence-electron chi connectivity index (χ0n) is 18.3. The Morgan fingerprint density at radius 3 is 2.30 bits per heavy atom. The molecule has 2 aliphatic rings. The van der Waals surface area contributed by atoms with Gasteiger partial charge in [0.25, 0.3) is 11.8 Å². The molecular formula is C27H25N3O3. The number of likely N-dealkylation sites (tertiary alicyclic amines) is 1. The van der Waals surface area contributed by atoms with Crippen LogP contribution in [0.25, 0.3) is 21.7 Å². The average Bonchev–Trinajstić information content (AvgIpc) is 3.26. The third-order valence-corrected chi connectivity index (χ3v) is 7.22. The third kappa shape index (κ3) is 3.29. The van der Waals surface area contributed by atoms with Gasteiger partial charge in [-0.25, -0.2) is 0 Å². The van der Waals surface area contributed by atoms with Crippen LogP contribution in [0.5, 0.6) is 5.75 Å². The van der Waals surface area contributed by atoms with Crippen LogP contribution >= 0.6 is 0 Å². The summed E-state index contributed by atoms with van der Waals surface area (Å²) in [7, 11) is 0. The summed E-state index contributed by atoms with van der Waals surface area (Å²) >= 11 is 0. The highest BCUT2D eigenvalue weighted by atomic mass is 16.3. The van der Waals surface area contributed by atoms with Gasteiger partial charge in [0.1, 0.15) is 5.75 Å². The number of carbonyl (C=O) groups excluding carboxylic acids is 2. The lowest BCUT2D eigenvalue weighted by Gasteiger charge is -2.34. The maximum absolute atomic E-state index is 13.1. The number of nitrogens with one attached hydrogen (secondary N) is 1. The van der Waals surface area contributed by atoms with Crippen LogP contribution in [-0.4, -0.2) is 57.9 Å². The maximum Gasteiger partial charge on any atom is 0.261 e. The highest BCUT2D eigenvalue weighted by Gasteiger charge is 2.33. The van der Waals surface area contributed by atoms with E-state index in [1.165, 1.54) is 10.5 Å². The van der Waals surface area contributed by atoms with E-state index < -0.39 is 0 Å². The van der Waals surface area contributed by atoms with Crippen molar-refractivity contribution in [3.63, 3.8) is 0 Å². The number of imide groups is 1. The fourth-order valence-corrected chi connectivity index (χ4v) is 5.46. The number of rotatable bonds is 4. The molecular weight excluding hydrogens is 414 g/mol. The summed E-state index contributed by atoms with van der Waals surface area (Å²) in [6, 6.07) is 16.7. The van der Waals surface area contributed by atoms with Crippen molar-refractivity contribution in [1.82, 2.24) is 14.8 Å². The predicted octanol–water partition coefficient (Wildman–Crippen LogP) is 4.50. The van der Waals surface area contributed by atoms with Crippen LogP contribution in [0.1, 0.15) is 45.0 Å². The minimum absolute atomic E-state index is 0.196. The lowest BCUT2D eigenvalue weighted by atomic mass is 9.89. The van der Waals surface area contributed by atoms with E-state index in [1.54, 1.807) is 6.07 Å². The number of nitrogens with zero attached hydrogens (tertiary/aromatic N) is 2. The zero-order valence-corrected chi connectivity index (χ0v) is 18.3. The first-order valence-corrected chi connectivity index (χ1v) is 11.5. The van der Waals surface area contributed by atoms with E-state index in [0.717, 1.165) is 47.6 Å². The number of H-pyrrole nitrogens is 1. The molecule has 2 N–H and O–H groups in total. The van der Waals surface area contributed by atoms with Crippen molar-refractivity contribution in [2.24, 2.45) is 0 Å². The number of hydrogen-bond donors (Lipinski definition) is 2. The second kappa shape index (κ2) is 7.74. The van der Waals surface area contributed by atoms with E-state index in [9.17, 15) is 14.7 Å². The number of fused-ring (bicyclic) bond motifs is 1. The number of aromatic hydroxyl groups is 1. The number of benzene rings is 3. The molecule has 0 radical (unpaired) electrons. The Kier molecular flexibility index (Phi) is 4.69. The Labute approximate surface area is 191 Å². The number of piperidine rings is 1. The van der Waals surface area contributed by atoms with Crippen LogP contribution in [0.4, 0.5) is 0 Å². The summed E-state index contributed by atoms with van der Waals surface area (Å²) in [5.74, 6) is 0.323. The van der Waals surface area contributed by atoms with Gasteiger partial charge in [0.05, 0.1) is 0 Å². The number of hydrogen-bond acceptors (Lipinski definition) is 4. The van der Waals surface area contributed by atoms with Gasteiger partial charge in [0.15, 0.2) is 0 Å². The second-order valence-electron chi connectivity index (χ2n) is 9.06. The molecule has 6 rings (SSSR count). The van der Waals surface area contributed by atoms with Gasteiger partial charge in [-0.3, -0.25) is 14.5 Å². The minimum Gasteiger partial charge on any atom is -0.508 e. The van der Waals surface area contributed by atoms with E-state index in [0.29, 0.717) is 30.1 Å². The molecule has 1 aromatic heterocycles. The van der Waals surface area contributed by atoms with Crippen molar-refractivity contribution in [3.8, 4) is 5.75 Å². The standard InChI is InChI=1S/C27H25N3O3/c31-19-7-8-24-22(15-19)23(16-28-24)17-9-11-29(12-10-17)13-14-30-26(32)20-5-1-3-18-4-2-6-21(25(18)20)27(30)33/h1-8,15-17,28,31H,9-14H2. The van der Waals surface area contributed by atoms with E-state index in [1.807, 2.05) is 48.5 Å². The minimum atomic E-state index is -0.196. The zero-order chi connectivity index (χ0) is 22.5. The van der Waals surface area contributed by atoms with E-state index in [-0.39, 0.29) is 17.6 Å². The molecule has 0 atom stereocenters. The molecule has 3 aromatic carbocycles. The quantitative estimate of drug-likeness (QED) is 0.459. The molecule has 3 heterocycles. The maximum atomic E-state index is 13.1. The molecule has 0 saturated carbocycles. The molecule has 0 bridgehead atoms. The smallest absolute Gasteiger partial charge is 0.261 e. The molecule has 0 spiro atoms. The molecule has 166 valence electrons. The molecule has 6 heteroatoms. The number of aromatic amines is 1. The Morgan fingerprint density at radius 1 is 0.909 bits per heavy atom. The van der Waals surface area contributed by atoms with E-state index in [4.69, 9.17) is 0 Å². The van der Waals surface area contributed by atoms with E-state index >= 15 is 0 Å². The number of phenolic OH excluding ortho intramolecular Hbond substituents is 1. The largest absolute Gasteiger partial charge is 0.508 e. The predicted molar refractivity (Wildman–Crippen MR) is 128 cm³/mol. The number of amides is 2. The Hall–Kier alpha value is -3.64. The Bertz CT molecular complexity index is 1350. The van der Waals surface area contributed by atoms with Crippen molar-refractivity contribution in [2.75, 3.05) is 26.2 Å². The Balaban J connectivity index is 1.13. The first-order chi connectivity index (χ1) is 16.1. The van der Waals surface area contributed by atoms with E-state index in [2.05, 4.69) is 16.1 Å². The summed E-state index contributed by atoms with van der Waals surface area (Å²) in [5.41, 5.74) is 3.53. The van der Waals surface area contributed by atoms with Crippen LogP contribution < -0.4 is 0 Å². The van der Waals surface area contributed by atoms with Gasteiger partial charge in [-0.1, -0.05) is 24.3 Å². The Morgan fingerprint density at radius 2 is 1.61 bits per heavy atom. The number of aromatic nitrogens is 1. The molecule has 33 heavy (non-hydrogen) atoms. The van der Waals surface area contributed by atoms with Crippen LogP contribution in [-0.2, 0) is 0 Å². The van der Waals surface area contributed by atoms with Crippen LogP contribution in [0, 0.1) is 0 Å². The first-order valence-electron chi connectivity index (χ1n) is 11.5. The van der Waals surface area contributed by atoms with Gasteiger partial charge >= 0.3 is 0 Å². The van der Waals surface area contributed by atoms with Crippen LogP contribution in [0.2, 0.25) is 0 Å². The van der Waals surface area contributed by atoms with Crippen LogP contribution in [0.3, 0.4) is 0 Å². The summed E-state index contributed by atoms with van der Waals surface area (Å²) in [6.07, 6.45) is 4.08.